The molecule has 0 heterocycles. The number of halogens is 2. The molecule has 0 aliphatic carbocycles. The molecule has 1 aromatic rings. The summed E-state index contributed by atoms with van der Waals surface area (Å²) in [6, 6.07) is 2.85. The van der Waals surface area contributed by atoms with E-state index in [2.05, 4.69) is 5.32 Å². The molecule has 0 aliphatic rings. The van der Waals surface area contributed by atoms with E-state index in [0.29, 0.717) is 5.56 Å². The molecule has 1 aromatic carbocycles. The van der Waals surface area contributed by atoms with Crippen molar-refractivity contribution in [2.45, 2.75) is 52.6 Å². The third-order valence-electron chi connectivity index (χ3n) is 2.63. The highest BCUT2D eigenvalue weighted by Crippen LogP contribution is 2.21. The Labute approximate surface area is 102 Å². The van der Waals surface area contributed by atoms with Gasteiger partial charge in [0.15, 0.2) is 0 Å². The second-order valence-electron chi connectivity index (χ2n) is 5.72. The van der Waals surface area contributed by atoms with E-state index in [9.17, 15) is 8.78 Å². The average Bonchev–Trinajstić information content (AvgIpc) is 2.14. The summed E-state index contributed by atoms with van der Waals surface area (Å²) in [4.78, 5) is 0. The zero-order valence-corrected chi connectivity index (χ0v) is 11.2. The minimum atomic E-state index is -0.467. The summed E-state index contributed by atoms with van der Waals surface area (Å²) in [5.74, 6) is -0.806. The molecular weight excluding hydrogens is 220 g/mol. The summed E-state index contributed by atoms with van der Waals surface area (Å²) >= 11 is 0. The highest BCUT2D eigenvalue weighted by Gasteiger charge is 2.15. The number of benzene rings is 1. The Hall–Kier alpha value is -0.960. The normalized spacial score (nSPS) is 12.2. The molecule has 0 spiro atoms. The van der Waals surface area contributed by atoms with Crippen molar-refractivity contribution >= 4 is 0 Å². The van der Waals surface area contributed by atoms with Crippen LogP contribution < -0.4 is 5.32 Å². The zero-order chi connectivity index (χ0) is 13.2. The lowest BCUT2D eigenvalue weighted by Crippen LogP contribution is -2.35. The molecule has 0 fully saturated rings. The minimum Gasteiger partial charge on any atom is -0.308 e. The van der Waals surface area contributed by atoms with Crippen LogP contribution in [0.15, 0.2) is 12.1 Å². The first-order valence-corrected chi connectivity index (χ1v) is 5.93. The summed E-state index contributed by atoms with van der Waals surface area (Å²) in [5, 5.41) is 3.09. The van der Waals surface area contributed by atoms with Crippen molar-refractivity contribution in [2.75, 3.05) is 0 Å². The molecule has 0 amide bonds. The first-order valence-electron chi connectivity index (χ1n) is 5.93. The van der Waals surface area contributed by atoms with E-state index in [1.165, 1.54) is 12.1 Å². The van der Waals surface area contributed by atoms with E-state index >= 15 is 0 Å². The summed E-state index contributed by atoms with van der Waals surface area (Å²) in [6.45, 7) is 9.93. The number of hydrogen-bond acceptors (Lipinski definition) is 1. The molecule has 0 aliphatic heterocycles. The fourth-order valence-corrected chi connectivity index (χ4v) is 1.48. The Kier molecular flexibility index (Phi) is 4.26. The quantitative estimate of drug-likeness (QED) is 0.844. The molecule has 1 N–H and O–H groups in total. The van der Waals surface area contributed by atoms with E-state index < -0.39 is 11.6 Å². The van der Waals surface area contributed by atoms with Crippen molar-refractivity contribution in [3.05, 3.63) is 34.9 Å². The zero-order valence-electron chi connectivity index (χ0n) is 11.2. The van der Waals surface area contributed by atoms with Gasteiger partial charge in [-0.05, 0) is 44.4 Å². The van der Waals surface area contributed by atoms with E-state index in [1.807, 2.05) is 34.6 Å². The fraction of sp³-hybridized carbons (Fsp3) is 0.571. The van der Waals surface area contributed by atoms with Gasteiger partial charge < -0.3 is 5.32 Å². The van der Waals surface area contributed by atoms with Gasteiger partial charge in [0.05, 0.1) is 0 Å². The van der Waals surface area contributed by atoms with Crippen molar-refractivity contribution in [1.29, 1.82) is 0 Å². The lowest BCUT2D eigenvalue weighted by molar-refractivity contribution is 0.410. The maximum Gasteiger partial charge on any atom is 0.130 e. The molecule has 0 unspecified atom stereocenters. The van der Waals surface area contributed by atoms with Crippen molar-refractivity contribution in [2.24, 2.45) is 0 Å². The van der Waals surface area contributed by atoms with Crippen LogP contribution in [0.3, 0.4) is 0 Å². The van der Waals surface area contributed by atoms with Gasteiger partial charge in [-0.15, -0.1) is 0 Å². The van der Waals surface area contributed by atoms with Gasteiger partial charge in [-0.3, -0.25) is 0 Å². The van der Waals surface area contributed by atoms with Crippen molar-refractivity contribution in [3.63, 3.8) is 0 Å². The molecule has 3 heteroatoms. The molecular formula is C14H21F2N. The van der Waals surface area contributed by atoms with Gasteiger partial charge >= 0.3 is 0 Å². The second kappa shape index (κ2) is 5.13. The molecule has 0 saturated heterocycles. The van der Waals surface area contributed by atoms with Gasteiger partial charge in [0.2, 0.25) is 0 Å². The van der Waals surface area contributed by atoms with Crippen LogP contribution in [0, 0.1) is 11.6 Å². The predicted octanol–water partition coefficient (Wildman–Crippen LogP) is 3.98. The molecule has 96 valence electrons. The van der Waals surface area contributed by atoms with E-state index in [0.717, 1.165) is 0 Å². The van der Waals surface area contributed by atoms with Gasteiger partial charge in [-0.25, -0.2) is 8.78 Å². The maximum atomic E-state index is 13.8. The molecule has 1 nitrogen and oxygen atoms in total. The van der Waals surface area contributed by atoms with Crippen LogP contribution in [0.5, 0.6) is 0 Å². The molecule has 0 bridgehead atoms. The third kappa shape index (κ3) is 4.08. The summed E-state index contributed by atoms with van der Waals surface area (Å²) in [7, 11) is 0. The lowest BCUT2D eigenvalue weighted by Gasteiger charge is -2.21. The van der Waals surface area contributed by atoms with Crippen LogP contribution in [-0.4, -0.2) is 5.54 Å². The second-order valence-corrected chi connectivity index (χ2v) is 5.72. The molecule has 0 saturated carbocycles. The van der Waals surface area contributed by atoms with E-state index in [-0.39, 0.29) is 23.6 Å². The smallest absolute Gasteiger partial charge is 0.130 e. The summed E-state index contributed by atoms with van der Waals surface area (Å²) < 4.78 is 27.5. The van der Waals surface area contributed by atoms with Gasteiger partial charge in [0.25, 0.3) is 0 Å². The molecule has 0 atom stereocenters. The lowest BCUT2D eigenvalue weighted by atomic mass is 10.00. The van der Waals surface area contributed by atoms with Gasteiger partial charge in [-0.1, -0.05) is 13.8 Å². The minimum absolute atomic E-state index is 0.115. The van der Waals surface area contributed by atoms with E-state index in [4.69, 9.17) is 0 Å². The number of hydrogen-bond donors (Lipinski definition) is 1. The Bertz CT molecular complexity index is 369. The van der Waals surface area contributed by atoms with Crippen molar-refractivity contribution in [3.8, 4) is 0 Å². The van der Waals surface area contributed by atoms with Gasteiger partial charge in [0, 0.05) is 17.6 Å². The molecule has 1 rings (SSSR count). The molecule has 0 aromatic heterocycles. The Morgan fingerprint density at radius 3 is 1.94 bits per heavy atom. The number of rotatable bonds is 3. The van der Waals surface area contributed by atoms with Crippen LogP contribution in [-0.2, 0) is 6.54 Å². The Morgan fingerprint density at radius 1 is 1.12 bits per heavy atom. The standard InChI is InChI=1S/C14H21F2N/c1-9(2)10-6-12(15)11(13(16)7-10)8-17-14(3,4)5/h6-7,9,17H,8H2,1-5H3. The molecule has 17 heavy (non-hydrogen) atoms. The van der Waals surface area contributed by atoms with Crippen molar-refractivity contribution < 1.29 is 8.78 Å². The SMILES string of the molecule is CC(C)c1cc(F)c(CNC(C)(C)C)c(F)c1. The van der Waals surface area contributed by atoms with Crippen LogP contribution in [0.25, 0.3) is 0 Å². The van der Waals surface area contributed by atoms with Gasteiger partial charge in [0.1, 0.15) is 11.6 Å². The average molecular weight is 241 g/mol. The summed E-state index contributed by atoms with van der Waals surface area (Å²) in [5.41, 5.74) is 0.652. The van der Waals surface area contributed by atoms with Crippen molar-refractivity contribution in [1.82, 2.24) is 5.32 Å². The van der Waals surface area contributed by atoms with Crippen LogP contribution in [0.4, 0.5) is 8.78 Å². The first kappa shape index (κ1) is 14.1. The Morgan fingerprint density at radius 2 is 1.59 bits per heavy atom. The Balaban J connectivity index is 2.94. The first-order chi connectivity index (χ1) is 7.70. The monoisotopic (exact) mass is 241 g/mol. The predicted molar refractivity (Wildman–Crippen MR) is 67.0 cm³/mol. The largest absolute Gasteiger partial charge is 0.308 e. The summed E-state index contributed by atoms with van der Waals surface area (Å²) in [6.07, 6.45) is 0. The highest BCUT2D eigenvalue weighted by atomic mass is 19.1. The fourth-order valence-electron chi connectivity index (χ4n) is 1.48. The van der Waals surface area contributed by atoms with Crippen LogP contribution >= 0.6 is 0 Å². The third-order valence-corrected chi connectivity index (χ3v) is 2.63. The number of nitrogens with one attached hydrogen (secondary N) is 1. The van der Waals surface area contributed by atoms with Crippen LogP contribution in [0.2, 0.25) is 0 Å². The molecule has 0 radical (unpaired) electrons. The van der Waals surface area contributed by atoms with E-state index in [1.54, 1.807) is 0 Å². The topological polar surface area (TPSA) is 12.0 Å². The van der Waals surface area contributed by atoms with Crippen LogP contribution in [0.1, 0.15) is 51.7 Å². The van der Waals surface area contributed by atoms with Gasteiger partial charge in [-0.2, -0.15) is 0 Å². The highest BCUT2D eigenvalue weighted by molar-refractivity contribution is 5.28. The maximum absolute atomic E-state index is 13.8.